The first-order chi connectivity index (χ1) is 12.2. The van der Waals surface area contributed by atoms with E-state index < -0.39 is 6.04 Å². The van der Waals surface area contributed by atoms with Crippen LogP contribution >= 0.6 is 11.3 Å². The molecule has 2 heterocycles. The zero-order chi connectivity index (χ0) is 17.2. The molecule has 1 atom stereocenters. The quantitative estimate of drug-likeness (QED) is 0.591. The summed E-state index contributed by atoms with van der Waals surface area (Å²) in [6.45, 7) is 0. The molecule has 0 bridgehead atoms. The average molecular weight is 350 g/mol. The largest absolute Gasteiger partial charge is 0.508 e. The number of rotatable bonds is 4. The Balaban J connectivity index is 1.77. The lowest BCUT2D eigenvalue weighted by atomic mass is 10.1. The maximum absolute atomic E-state index is 12.9. The number of aromatic nitrogens is 3. The second kappa shape index (κ2) is 6.37. The summed E-state index contributed by atoms with van der Waals surface area (Å²) in [5, 5.41) is 20.1. The number of benzene rings is 2. The topological polar surface area (TPSA) is 80.0 Å². The Morgan fingerprint density at radius 1 is 1.20 bits per heavy atom. The van der Waals surface area contributed by atoms with Gasteiger partial charge in [0.05, 0.1) is 5.52 Å². The zero-order valence-electron chi connectivity index (χ0n) is 13.0. The fourth-order valence-corrected chi connectivity index (χ4v) is 3.21. The van der Waals surface area contributed by atoms with Crippen molar-refractivity contribution in [2.24, 2.45) is 0 Å². The minimum Gasteiger partial charge on any atom is -0.508 e. The Labute approximate surface area is 147 Å². The van der Waals surface area contributed by atoms with Gasteiger partial charge in [0.2, 0.25) is 0 Å². The first-order valence-corrected chi connectivity index (χ1v) is 8.52. The van der Waals surface area contributed by atoms with Crippen molar-refractivity contribution in [1.82, 2.24) is 14.8 Å². The lowest BCUT2D eigenvalue weighted by Crippen LogP contribution is -2.27. The van der Waals surface area contributed by atoms with E-state index in [0.29, 0.717) is 10.6 Å². The van der Waals surface area contributed by atoms with Gasteiger partial charge in [0, 0.05) is 29.2 Å². The van der Waals surface area contributed by atoms with Crippen molar-refractivity contribution in [2.75, 3.05) is 5.32 Å². The Morgan fingerprint density at radius 2 is 2.04 bits per heavy atom. The Hall–Kier alpha value is -3.19. The molecule has 4 aromatic rings. The molecule has 0 saturated heterocycles. The van der Waals surface area contributed by atoms with Crippen LogP contribution in [0.1, 0.15) is 11.6 Å². The number of thiazole rings is 1. The summed E-state index contributed by atoms with van der Waals surface area (Å²) >= 11 is 1.36. The minimum absolute atomic E-state index is 0.140. The summed E-state index contributed by atoms with van der Waals surface area (Å²) in [5.41, 5.74) is 1.44. The molecule has 0 aliphatic rings. The molecule has 25 heavy (non-hydrogen) atoms. The average Bonchev–Trinajstić information content (AvgIpc) is 3.25. The van der Waals surface area contributed by atoms with Crippen LogP contribution in [0.5, 0.6) is 5.75 Å². The molecule has 1 unspecified atom stereocenters. The van der Waals surface area contributed by atoms with E-state index in [1.54, 1.807) is 40.7 Å². The molecular weight excluding hydrogens is 336 g/mol. The van der Waals surface area contributed by atoms with Crippen molar-refractivity contribution >= 4 is 33.3 Å². The van der Waals surface area contributed by atoms with Gasteiger partial charge in [-0.15, -0.1) is 11.3 Å². The number of phenols is 1. The van der Waals surface area contributed by atoms with Crippen LogP contribution in [0.3, 0.4) is 0 Å². The van der Waals surface area contributed by atoms with E-state index in [-0.39, 0.29) is 11.7 Å². The van der Waals surface area contributed by atoms with Gasteiger partial charge in [0.1, 0.15) is 5.75 Å². The molecule has 2 N–H and O–H groups in total. The molecule has 1 amide bonds. The Bertz CT molecular complexity index is 1010. The van der Waals surface area contributed by atoms with Crippen LogP contribution in [0.15, 0.2) is 66.3 Å². The van der Waals surface area contributed by atoms with E-state index in [0.717, 1.165) is 10.9 Å². The summed E-state index contributed by atoms with van der Waals surface area (Å²) in [6.07, 6.45) is 3.44. The molecule has 0 aliphatic carbocycles. The molecule has 0 radical (unpaired) electrons. The maximum Gasteiger partial charge on any atom is 0.255 e. The number of aromatic hydroxyl groups is 1. The number of nitrogens with one attached hydrogen (secondary N) is 1. The second-order valence-corrected chi connectivity index (χ2v) is 6.39. The van der Waals surface area contributed by atoms with Crippen LogP contribution in [0, 0.1) is 0 Å². The van der Waals surface area contributed by atoms with Crippen molar-refractivity contribution in [3.05, 3.63) is 71.9 Å². The van der Waals surface area contributed by atoms with Crippen molar-refractivity contribution in [2.45, 2.75) is 6.04 Å². The molecule has 0 fully saturated rings. The second-order valence-electron chi connectivity index (χ2n) is 5.49. The van der Waals surface area contributed by atoms with Crippen molar-refractivity contribution in [3.8, 4) is 5.75 Å². The molecule has 0 spiro atoms. The first-order valence-electron chi connectivity index (χ1n) is 7.64. The van der Waals surface area contributed by atoms with Crippen molar-refractivity contribution in [3.63, 3.8) is 0 Å². The minimum atomic E-state index is -0.639. The number of nitrogens with zero attached hydrogens (tertiary/aromatic N) is 3. The fraction of sp³-hybridized carbons (Fsp3) is 0.0556. The van der Waals surface area contributed by atoms with E-state index in [1.165, 1.54) is 11.3 Å². The summed E-state index contributed by atoms with van der Waals surface area (Å²) in [4.78, 5) is 17.0. The van der Waals surface area contributed by atoms with Gasteiger partial charge in [0.25, 0.3) is 5.91 Å². The number of fused-ring (bicyclic) bond motifs is 1. The zero-order valence-corrected chi connectivity index (χ0v) is 13.9. The van der Waals surface area contributed by atoms with Crippen LogP contribution < -0.4 is 5.32 Å². The predicted molar refractivity (Wildman–Crippen MR) is 96.7 cm³/mol. The van der Waals surface area contributed by atoms with Gasteiger partial charge in [0.15, 0.2) is 11.2 Å². The Kier molecular flexibility index (Phi) is 3.91. The van der Waals surface area contributed by atoms with E-state index in [4.69, 9.17) is 0 Å². The number of hydrogen-bond acceptors (Lipinski definition) is 5. The van der Waals surface area contributed by atoms with E-state index in [9.17, 15) is 9.90 Å². The molecule has 6 nitrogen and oxygen atoms in total. The first kappa shape index (κ1) is 15.3. The van der Waals surface area contributed by atoms with Crippen LogP contribution in [0.4, 0.5) is 5.13 Å². The van der Waals surface area contributed by atoms with Crippen LogP contribution in [-0.4, -0.2) is 25.8 Å². The number of anilines is 1. The third-order valence-electron chi connectivity index (χ3n) is 3.80. The standard InChI is InChI=1S/C18H14N4O2S/c23-14-7-6-13-11-22(21-15(13)10-14)16(12-4-2-1-3-5-12)17(24)20-18-19-8-9-25-18/h1-11,16,23H,(H,19,20,24). The van der Waals surface area contributed by atoms with Gasteiger partial charge in [-0.1, -0.05) is 30.3 Å². The summed E-state index contributed by atoms with van der Waals surface area (Å²) in [7, 11) is 0. The highest BCUT2D eigenvalue weighted by Gasteiger charge is 2.24. The molecule has 7 heteroatoms. The molecule has 0 aliphatic heterocycles. The Morgan fingerprint density at radius 3 is 2.80 bits per heavy atom. The van der Waals surface area contributed by atoms with Crippen LogP contribution in [-0.2, 0) is 4.79 Å². The van der Waals surface area contributed by atoms with Crippen molar-refractivity contribution in [1.29, 1.82) is 0 Å². The maximum atomic E-state index is 12.9. The van der Waals surface area contributed by atoms with Gasteiger partial charge < -0.3 is 5.11 Å². The summed E-state index contributed by atoms with van der Waals surface area (Å²) in [5.74, 6) is -0.0839. The molecule has 2 aromatic carbocycles. The number of hydrogen-bond donors (Lipinski definition) is 2. The van der Waals surface area contributed by atoms with Gasteiger partial charge in [-0.3, -0.25) is 14.8 Å². The molecule has 124 valence electrons. The molecule has 4 rings (SSSR count). The predicted octanol–water partition coefficient (Wildman–Crippen LogP) is 3.43. The SMILES string of the molecule is O=C(Nc1nccs1)C(c1ccccc1)n1cc2ccc(O)cc2n1. The number of carbonyl (C=O) groups excluding carboxylic acids is 1. The monoisotopic (exact) mass is 350 g/mol. The summed E-state index contributed by atoms with van der Waals surface area (Å²) in [6, 6.07) is 13.7. The molecular formula is C18H14N4O2S. The fourth-order valence-electron chi connectivity index (χ4n) is 2.67. The lowest BCUT2D eigenvalue weighted by molar-refractivity contribution is -0.118. The van der Waals surface area contributed by atoms with Gasteiger partial charge >= 0.3 is 0 Å². The highest BCUT2D eigenvalue weighted by Crippen LogP contribution is 2.25. The van der Waals surface area contributed by atoms with Crippen LogP contribution in [0.2, 0.25) is 0 Å². The van der Waals surface area contributed by atoms with Crippen molar-refractivity contribution < 1.29 is 9.90 Å². The number of amides is 1. The van der Waals surface area contributed by atoms with Gasteiger partial charge in [-0.2, -0.15) is 5.10 Å². The number of phenolic OH excluding ortho intramolecular Hbond substituents is 1. The van der Waals surface area contributed by atoms with Gasteiger partial charge in [-0.05, 0) is 17.7 Å². The van der Waals surface area contributed by atoms with Crippen LogP contribution in [0.25, 0.3) is 10.9 Å². The van der Waals surface area contributed by atoms with E-state index >= 15 is 0 Å². The smallest absolute Gasteiger partial charge is 0.255 e. The lowest BCUT2D eigenvalue weighted by Gasteiger charge is -2.17. The highest BCUT2D eigenvalue weighted by atomic mass is 32.1. The normalized spacial score (nSPS) is 12.2. The van der Waals surface area contributed by atoms with Gasteiger partial charge in [-0.25, -0.2) is 4.98 Å². The third kappa shape index (κ3) is 3.09. The number of carbonyl (C=O) groups is 1. The summed E-state index contributed by atoms with van der Waals surface area (Å²) < 4.78 is 1.61. The molecule has 2 aromatic heterocycles. The van der Waals surface area contributed by atoms with E-state index in [2.05, 4.69) is 15.4 Å². The highest BCUT2D eigenvalue weighted by molar-refractivity contribution is 7.13. The molecule has 0 saturated carbocycles. The van der Waals surface area contributed by atoms with E-state index in [1.807, 2.05) is 30.3 Å². The third-order valence-corrected chi connectivity index (χ3v) is 4.49.